The van der Waals surface area contributed by atoms with Gasteiger partial charge in [0.2, 0.25) is 9.84 Å². The van der Waals surface area contributed by atoms with Crippen LogP contribution in [0.4, 0.5) is 10.1 Å². The molecule has 1 saturated heterocycles. The van der Waals surface area contributed by atoms with Gasteiger partial charge < -0.3 is 10.6 Å². The highest BCUT2D eigenvalue weighted by Gasteiger charge is 2.41. The summed E-state index contributed by atoms with van der Waals surface area (Å²) in [6.45, 7) is 6.24. The summed E-state index contributed by atoms with van der Waals surface area (Å²) in [5, 5.41) is 4.56. The number of hydrogen-bond acceptors (Lipinski definition) is 5. The quantitative estimate of drug-likeness (QED) is 0.779. The second-order valence-corrected chi connectivity index (χ2v) is 9.54. The zero-order valence-electron chi connectivity index (χ0n) is 16.7. The van der Waals surface area contributed by atoms with Crippen molar-refractivity contribution in [3.63, 3.8) is 0 Å². The molecule has 1 aliphatic heterocycles. The zero-order chi connectivity index (χ0) is 21.2. The number of anilines is 1. The van der Waals surface area contributed by atoms with Crippen LogP contribution >= 0.6 is 0 Å². The van der Waals surface area contributed by atoms with Crippen molar-refractivity contribution in [1.29, 1.82) is 0 Å². The van der Waals surface area contributed by atoms with E-state index in [0.29, 0.717) is 13.1 Å². The number of carbonyl (C=O) groups is 1. The molecule has 1 heterocycles. The molecule has 1 unspecified atom stereocenters. The average Bonchev–Trinajstić information content (AvgIpc) is 2.65. The van der Waals surface area contributed by atoms with Crippen molar-refractivity contribution >= 4 is 21.4 Å². The Balaban J connectivity index is 2.00. The maximum absolute atomic E-state index is 13.9. The molecule has 3 atom stereocenters. The zero-order valence-corrected chi connectivity index (χ0v) is 17.5. The van der Waals surface area contributed by atoms with E-state index < -0.39 is 26.9 Å². The third-order valence-corrected chi connectivity index (χ3v) is 7.06. The Morgan fingerprint density at radius 2 is 1.72 bits per heavy atom. The van der Waals surface area contributed by atoms with E-state index in [1.165, 1.54) is 24.3 Å². The summed E-state index contributed by atoms with van der Waals surface area (Å²) in [5.41, 5.74) is 0.526. The molecule has 1 aliphatic rings. The van der Waals surface area contributed by atoms with Crippen LogP contribution in [-0.4, -0.2) is 49.8 Å². The third kappa shape index (κ3) is 4.66. The minimum Gasteiger partial charge on any atom is -0.323 e. The highest BCUT2D eigenvalue weighted by atomic mass is 32.2. The van der Waals surface area contributed by atoms with Gasteiger partial charge in [-0.05, 0) is 45.0 Å². The first-order valence-corrected chi connectivity index (χ1v) is 11.1. The normalized spacial score (nSPS) is 21.5. The van der Waals surface area contributed by atoms with Gasteiger partial charge in [-0.25, -0.2) is 12.8 Å². The van der Waals surface area contributed by atoms with Crippen molar-refractivity contribution in [3.8, 4) is 0 Å². The highest BCUT2D eigenvalue weighted by molar-refractivity contribution is 7.92. The van der Waals surface area contributed by atoms with Crippen LogP contribution in [0.25, 0.3) is 0 Å². The summed E-state index contributed by atoms with van der Waals surface area (Å²) in [6, 6.07) is 12.3. The average molecular weight is 420 g/mol. The van der Waals surface area contributed by atoms with Gasteiger partial charge in [-0.1, -0.05) is 24.3 Å². The summed E-state index contributed by atoms with van der Waals surface area (Å²) < 4.78 is 40.8. The second kappa shape index (κ2) is 8.61. The summed E-state index contributed by atoms with van der Waals surface area (Å²) in [5.74, 6) is -1.15. The van der Waals surface area contributed by atoms with E-state index >= 15 is 0 Å². The molecule has 3 rings (SSSR count). The molecule has 6 nitrogen and oxygen atoms in total. The molecule has 156 valence electrons. The van der Waals surface area contributed by atoms with Gasteiger partial charge in [0.05, 0.1) is 4.90 Å². The van der Waals surface area contributed by atoms with Gasteiger partial charge >= 0.3 is 0 Å². The van der Waals surface area contributed by atoms with E-state index in [9.17, 15) is 17.6 Å². The largest absolute Gasteiger partial charge is 0.323 e. The Bertz CT molecular complexity index is 972. The molecule has 0 saturated carbocycles. The van der Waals surface area contributed by atoms with E-state index in [1.807, 2.05) is 13.8 Å². The van der Waals surface area contributed by atoms with Crippen LogP contribution in [0.2, 0.25) is 0 Å². The molecule has 2 aromatic carbocycles. The lowest BCUT2D eigenvalue weighted by Gasteiger charge is -2.39. The van der Waals surface area contributed by atoms with Crippen LogP contribution in [0.5, 0.6) is 0 Å². The van der Waals surface area contributed by atoms with E-state index in [4.69, 9.17) is 0 Å². The van der Waals surface area contributed by atoms with Crippen LogP contribution in [0.15, 0.2) is 53.4 Å². The number of sulfone groups is 1. The number of hydrogen-bond donors (Lipinski definition) is 2. The lowest BCUT2D eigenvalue weighted by molar-refractivity contribution is -0.119. The molecule has 0 spiro atoms. The number of halogens is 1. The van der Waals surface area contributed by atoms with Gasteiger partial charge in [0.25, 0.3) is 5.91 Å². The molecule has 1 amide bonds. The Kier molecular flexibility index (Phi) is 6.36. The number of piperazine rings is 1. The fraction of sp³-hybridized carbons (Fsp3) is 0.381. The smallest absolute Gasteiger partial charge is 0.257 e. The molecule has 2 N–H and O–H groups in total. The van der Waals surface area contributed by atoms with E-state index in [-0.39, 0.29) is 28.2 Å². The molecule has 8 heteroatoms. The molecule has 1 fully saturated rings. The molecule has 0 bridgehead atoms. The van der Waals surface area contributed by atoms with Crippen molar-refractivity contribution < 1.29 is 17.6 Å². The van der Waals surface area contributed by atoms with E-state index in [0.717, 1.165) is 0 Å². The van der Waals surface area contributed by atoms with Gasteiger partial charge in [0.1, 0.15) is 5.82 Å². The fourth-order valence-corrected chi connectivity index (χ4v) is 5.44. The minimum absolute atomic E-state index is 0.0240. The number of rotatable bonds is 5. The first-order chi connectivity index (χ1) is 13.7. The maximum Gasteiger partial charge on any atom is 0.257 e. The Morgan fingerprint density at radius 1 is 1.10 bits per heavy atom. The molecule has 2 aromatic rings. The van der Waals surface area contributed by atoms with Crippen molar-refractivity contribution in [3.05, 3.63) is 59.9 Å². The number of nitrogens with zero attached hydrogens (tertiary/aromatic N) is 1. The number of benzene rings is 2. The monoisotopic (exact) mass is 419 g/mol. The van der Waals surface area contributed by atoms with Crippen LogP contribution in [0.1, 0.15) is 19.4 Å². The van der Waals surface area contributed by atoms with Crippen molar-refractivity contribution in [1.82, 2.24) is 10.2 Å². The van der Waals surface area contributed by atoms with E-state index in [1.54, 1.807) is 36.1 Å². The Labute approximate surface area is 171 Å². The van der Waals surface area contributed by atoms with E-state index in [2.05, 4.69) is 10.6 Å². The number of nitrogens with one attached hydrogen (secondary N) is 2. The topological polar surface area (TPSA) is 78.5 Å². The van der Waals surface area contributed by atoms with Crippen molar-refractivity contribution in [2.45, 2.75) is 43.1 Å². The summed E-state index contributed by atoms with van der Waals surface area (Å²) in [6.07, 6.45) is 0. The summed E-state index contributed by atoms with van der Waals surface area (Å²) in [4.78, 5) is 15.0. The van der Waals surface area contributed by atoms with Crippen molar-refractivity contribution in [2.75, 3.05) is 18.4 Å². The third-order valence-electron chi connectivity index (χ3n) is 5.03. The predicted molar refractivity (Wildman–Crippen MR) is 111 cm³/mol. The Hall–Kier alpha value is -2.29. The fourth-order valence-electron chi connectivity index (χ4n) is 3.74. The van der Waals surface area contributed by atoms with Gasteiger partial charge in [-0.2, -0.15) is 0 Å². The predicted octanol–water partition coefficient (Wildman–Crippen LogP) is 2.55. The summed E-state index contributed by atoms with van der Waals surface area (Å²) >= 11 is 0. The summed E-state index contributed by atoms with van der Waals surface area (Å²) in [7, 11) is -4.00. The molecule has 29 heavy (non-hydrogen) atoms. The van der Waals surface area contributed by atoms with Crippen LogP contribution in [0, 0.1) is 12.7 Å². The lowest BCUT2D eigenvalue weighted by Crippen LogP contribution is -2.61. The highest BCUT2D eigenvalue weighted by Crippen LogP contribution is 2.24. The minimum atomic E-state index is -4.00. The van der Waals surface area contributed by atoms with Crippen LogP contribution in [0.3, 0.4) is 0 Å². The van der Waals surface area contributed by atoms with Gasteiger partial charge in [-0.15, -0.1) is 0 Å². The first kappa shape index (κ1) is 21.4. The Morgan fingerprint density at radius 3 is 2.34 bits per heavy atom. The first-order valence-electron chi connectivity index (χ1n) is 9.55. The van der Waals surface area contributed by atoms with Gasteiger partial charge in [0.15, 0.2) is 5.37 Å². The van der Waals surface area contributed by atoms with Gasteiger partial charge in [-0.3, -0.25) is 9.69 Å². The molecular weight excluding hydrogens is 393 g/mol. The maximum atomic E-state index is 13.9. The number of carbonyl (C=O) groups excluding carboxylic acids is 1. The van der Waals surface area contributed by atoms with Gasteiger partial charge in [0, 0.05) is 36.4 Å². The van der Waals surface area contributed by atoms with Crippen LogP contribution in [-0.2, 0) is 14.6 Å². The SMILES string of the molecule is Cc1c(F)cccc1NC(=O)C(N1C[C@@H](C)N[C@@H](C)C1)S(=O)(=O)c1ccccc1. The molecule has 0 aromatic heterocycles. The molecule has 0 radical (unpaired) electrons. The molecular formula is C21H26FN3O3S. The lowest BCUT2D eigenvalue weighted by atomic mass is 10.1. The number of amides is 1. The van der Waals surface area contributed by atoms with Crippen LogP contribution < -0.4 is 10.6 Å². The van der Waals surface area contributed by atoms with Crippen molar-refractivity contribution in [2.24, 2.45) is 0 Å². The second-order valence-electron chi connectivity index (χ2n) is 7.53. The molecule has 0 aliphatic carbocycles. The standard InChI is InChI=1S/C21H26FN3O3S/c1-14-12-25(13-15(2)23-14)21(29(27,28)17-8-5-4-6-9-17)20(26)24-19-11-7-10-18(22)16(19)3/h4-11,14-15,21,23H,12-13H2,1-3H3,(H,24,26)/t14-,15+,21?.